The third kappa shape index (κ3) is 3.36. The summed E-state index contributed by atoms with van der Waals surface area (Å²) in [5, 5.41) is 0. The Balaban J connectivity index is 1.46. The van der Waals surface area contributed by atoms with Crippen LogP contribution in [0.15, 0.2) is 72.8 Å². The van der Waals surface area contributed by atoms with E-state index in [0.717, 1.165) is 11.1 Å². The van der Waals surface area contributed by atoms with Gasteiger partial charge in [0.05, 0.1) is 19.3 Å². The molecule has 0 N–H and O–H groups in total. The lowest BCUT2D eigenvalue weighted by molar-refractivity contribution is -0.142. The Hall–Kier alpha value is -2.43. The molecule has 0 unspecified atom stereocenters. The first-order valence-corrected chi connectivity index (χ1v) is 8.61. The zero-order chi connectivity index (χ0) is 17.1. The molecule has 0 bridgehead atoms. The van der Waals surface area contributed by atoms with E-state index in [1.54, 1.807) is 0 Å². The Kier molecular flexibility index (Phi) is 4.63. The lowest BCUT2D eigenvalue weighted by atomic mass is 10.1. The zero-order valence-corrected chi connectivity index (χ0v) is 14.0. The number of benzene rings is 2. The summed E-state index contributed by atoms with van der Waals surface area (Å²) < 4.78 is 12.1. The van der Waals surface area contributed by atoms with Gasteiger partial charge in [-0.15, -0.1) is 0 Å². The van der Waals surface area contributed by atoms with Crippen molar-refractivity contribution in [1.29, 1.82) is 0 Å². The molecule has 0 aliphatic carbocycles. The molecule has 1 amide bonds. The van der Waals surface area contributed by atoms with Gasteiger partial charge in [0.1, 0.15) is 6.10 Å². The molecule has 2 aliphatic rings. The topological polar surface area (TPSA) is 38.8 Å². The van der Waals surface area contributed by atoms with E-state index in [2.05, 4.69) is 6.08 Å². The molecule has 0 radical (unpaired) electrons. The molecule has 4 rings (SSSR count). The van der Waals surface area contributed by atoms with Gasteiger partial charge in [0, 0.05) is 6.54 Å². The molecule has 25 heavy (non-hydrogen) atoms. The molecule has 1 saturated heterocycles. The Morgan fingerprint density at radius 1 is 0.880 bits per heavy atom. The fraction of sp³-hybridized carbons (Fsp3) is 0.286. The van der Waals surface area contributed by atoms with Crippen molar-refractivity contribution in [1.82, 2.24) is 4.90 Å². The lowest BCUT2D eigenvalue weighted by Crippen LogP contribution is -2.35. The van der Waals surface area contributed by atoms with E-state index in [4.69, 9.17) is 9.47 Å². The van der Waals surface area contributed by atoms with Crippen molar-refractivity contribution < 1.29 is 14.3 Å². The van der Waals surface area contributed by atoms with Crippen LogP contribution in [-0.4, -0.2) is 35.6 Å². The number of nitrogens with zero attached hydrogens (tertiary/aromatic N) is 1. The van der Waals surface area contributed by atoms with E-state index in [9.17, 15) is 4.79 Å². The second-order valence-electron chi connectivity index (χ2n) is 6.39. The molecule has 3 atom stereocenters. The average molecular weight is 335 g/mol. The molecule has 0 aromatic heterocycles. The highest BCUT2D eigenvalue weighted by atomic mass is 16.5. The Bertz CT molecular complexity index is 744. The predicted molar refractivity (Wildman–Crippen MR) is 94.7 cm³/mol. The van der Waals surface area contributed by atoms with Crippen LogP contribution < -0.4 is 0 Å². The molecule has 1 fully saturated rings. The molecule has 2 aliphatic heterocycles. The summed E-state index contributed by atoms with van der Waals surface area (Å²) >= 11 is 0. The van der Waals surface area contributed by atoms with Crippen molar-refractivity contribution >= 4 is 5.91 Å². The average Bonchev–Trinajstić information content (AvgIpc) is 3.23. The summed E-state index contributed by atoms with van der Waals surface area (Å²) in [6.07, 6.45) is 3.24. The predicted octanol–water partition coefficient (Wildman–Crippen LogP) is 2.94. The Morgan fingerprint density at radius 2 is 1.48 bits per heavy atom. The number of fused-ring (bicyclic) bond motifs is 1. The first-order chi connectivity index (χ1) is 12.3. The quantitative estimate of drug-likeness (QED) is 0.762. The minimum absolute atomic E-state index is 0.0176. The van der Waals surface area contributed by atoms with Crippen molar-refractivity contribution in [2.45, 2.75) is 31.5 Å². The number of hydrogen-bond acceptors (Lipinski definition) is 3. The van der Waals surface area contributed by atoms with Gasteiger partial charge in [-0.2, -0.15) is 0 Å². The van der Waals surface area contributed by atoms with Crippen molar-refractivity contribution in [2.24, 2.45) is 0 Å². The molecule has 128 valence electrons. The standard InChI is InChI=1S/C21H21NO3/c23-21-20(25-15-17-10-5-2-6-11-17)19(18-12-7-13-22(18)21)24-14-16-8-3-1-4-9-16/h1-12,18-20H,13-15H2/t18-,19-,20+/m1/s1. The third-order valence-electron chi connectivity index (χ3n) is 4.71. The highest BCUT2D eigenvalue weighted by molar-refractivity contribution is 5.86. The molecule has 0 saturated carbocycles. The van der Waals surface area contributed by atoms with E-state index in [-0.39, 0.29) is 18.1 Å². The molecule has 4 nitrogen and oxygen atoms in total. The minimum Gasteiger partial charge on any atom is -0.368 e. The fourth-order valence-electron chi connectivity index (χ4n) is 3.43. The maximum Gasteiger partial charge on any atom is 0.255 e. The number of amides is 1. The highest BCUT2D eigenvalue weighted by Crippen LogP contribution is 2.30. The van der Waals surface area contributed by atoms with Gasteiger partial charge < -0.3 is 14.4 Å². The van der Waals surface area contributed by atoms with E-state index < -0.39 is 6.10 Å². The van der Waals surface area contributed by atoms with Crippen LogP contribution in [0.25, 0.3) is 0 Å². The summed E-state index contributed by atoms with van der Waals surface area (Å²) in [6, 6.07) is 19.9. The molecule has 2 aromatic rings. The van der Waals surface area contributed by atoms with Crippen LogP contribution in [0.1, 0.15) is 11.1 Å². The second-order valence-corrected chi connectivity index (χ2v) is 6.39. The van der Waals surface area contributed by atoms with Gasteiger partial charge in [-0.05, 0) is 11.1 Å². The maximum absolute atomic E-state index is 12.7. The molecule has 4 heteroatoms. The monoisotopic (exact) mass is 335 g/mol. The highest BCUT2D eigenvalue weighted by Gasteiger charge is 2.49. The zero-order valence-electron chi connectivity index (χ0n) is 14.0. The Morgan fingerprint density at radius 3 is 2.12 bits per heavy atom. The first kappa shape index (κ1) is 16.1. The minimum atomic E-state index is -0.557. The van der Waals surface area contributed by atoms with Crippen molar-refractivity contribution in [2.75, 3.05) is 6.54 Å². The van der Waals surface area contributed by atoms with E-state index in [0.29, 0.717) is 19.8 Å². The van der Waals surface area contributed by atoms with Gasteiger partial charge in [-0.3, -0.25) is 4.79 Å². The van der Waals surface area contributed by atoms with Crippen molar-refractivity contribution in [3.63, 3.8) is 0 Å². The number of ether oxygens (including phenoxy) is 2. The smallest absolute Gasteiger partial charge is 0.255 e. The van der Waals surface area contributed by atoms with Crippen LogP contribution >= 0.6 is 0 Å². The van der Waals surface area contributed by atoms with Crippen LogP contribution in [0.2, 0.25) is 0 Å². The SMILES string of the molecule is O=C1[C@@H](OCc2ccccc2)[C@H](OCc2ccccc2)[C@H]2C=CCN12. The van der Waals surface area contributed by atoms with E-state index >= 15 is 0 Å². The molecular weight excluding hydrogens is 314 g/mol. The molecule has 0 spiro atoms. The normalized spacial score (nSPS) is 24.7. The van der Waals surface area contributed by atoms with Crippen LogP contribution in [-0.2, 0) is 27.5 Å². The van der Waals surface area contributed by atoms with Gasteiger partial charge in [-0.1, -0.05) is 72.8 Å². The number of rotatable bonds is 6. The van der Waals surface area contributed by atoms with Crippen molar-refractivity contribution in [3.8, 4) is 0 Å². The summed E-state index contributed by atoms with van der Waals surface area (Å²) in [4.78, 5) is 14.5. The van der Waals surface area contributed by atoms with Gasteiger partial charge in [-0.25, -0.2) is 0 Å². The fourth-order valence-corrected chi connectivity index (χ4v) is 3.43. The van der Waals surface area contributed by atoms with Gasteiger partial charge in [0.2, 0.25) is 0 Å². The van der Waals surface area contributed by atoms with Crippen LogP contribution in [0.5, 0.6) is 0 Å². The second kappa shape index (κ2) is 7.21. The van der Waals surface area contributed by atoms with E-state index in [1.165, 1.54) is 0 Å². The van der Waals surface area contributed by atoms with E-state index in [1.807, 2.05) is 71.6 Å². The Labute approximate surface area is 147 Å². The molecule has 2 aromatic carbocycles. The maximum atomic E-state index is 12.7. The largest absolute Gasteiger partial charge is 0.368 e. The summed E-state index contributed by atoms with van der Waals surface area (Å²) in [6.45, 7) is 1.52. The summed E-state index contributed by atoms with van der Waals surface area (Å²) in [5.41, 5.74) is 2.15. The van der Waals surface area contributed by atoms with Crippen molar-refractivity contribution in [3.05, 3.63) is 83.9 Å². The summed E-state index contributed by atoms with van der Waals surface area (Å²) in [7, 11) is 0. The lowest BCUT2D eigenvalue weighted by Gasteiger charge is -2.22. The van der Waals surface area contributed by atoms with Gasteiger partial charge in [0.25, 0.3) is 5.91 Å². The van der Waals surface area contributed by atoms with Gasteiger partial charge >= 0.3 is 0 Å². The molecule has 2 heterocycles. The van der Waals surface area contributed by atoms with Crippen LogP contribution in [0, 0.1) is 0 Å². The number of carbonyl (C=O) groups excluding carboxylic acids is 1. The first-order valence-electron chi connectivity index (χ1n) is 8.61. The number of hydrogen-bond donors (Lipinski definition) is 0. The summed E-state index contributed by atoms with van der Waals surface area (Å²) in [5.74, 6) is 0.0176. The van der Waals surface area contributed by atoms with Crippen LogP contribution in [0.4, 0.5) is 0 Å². The molecular formula is C21H21NO3. The third-order valence-corrected chi connectivity index (χ3v) is 4.71. The number of carbonyl (C=O) groups is 1. The van der Waals surface area contributed by atoms with Gasteiger partial charge in [0.15, 0.2) is 6.10 Å². The van der Waals surface area contributed by atoms with Crippen LogP contribution in [0.3, 0.4) is 0 Å².